The molecule has 0 unspecified atom stereocenters. The molecule has 0 radical (unpaired) electrons. The summed E-state index contributed by atoms with van der Waals surface area (Å²) < 4.78 is 22.1. The van der Waals surface area contributed by atoms with E-state index in [0.717, 1.165) is 11.3 Å². The first-order valence-electron chi connectivity index (χ1n) is 4.91. The van der Waals surface area contributed by atoms with Crippen molar-refractivity contribution < 1.29 is 18.0 Å². The van der Waals surface area contributed by atoms with Crippen LogP contribution in [-0.4, -0.2) is 33.8 Å². The minimum absolute atomic E-state index is 0.0107. The molecule has 0 saturated heterocycles. The Labute approximate surface area is 108 Å². The van der Waals surface area contributed by atoms with E-state index in [4.69, 9.17) is 5.14 Å². The molecule has 0 atom stereocenters. The molecule has 2 amide bonds. The van der Waals surface area contributed by atoms with Crippen LogP contribution in [0.3, 0.4) is 0 Å². The highest BCUT2D eigenvalue weighted by Gasteiger charge is 2.13. The number of nitrogens with one attached hydrogen (secondary N) is 2. The van der Waals surface area contributed by atoms with E-state index in [1.54, 1.807) is 0 Å². The lowest BCUT2D eigenvalue weighted by Gasteiger charge is -2.02. The van der Waals surface area contributed by atoms with Crippen molar-refractivity contribution in [3.63, 3.8) is 0 Å². The van der Waals surface area contributed by atoms with Gasteiger partial charge in [-0.3, -0.25) is 9.59 Å². The van der Waals surface area contributed by atoms with Crippen LogP contribution in [0.4, 0.5) is 0 Å². The highest BCUT2D eigenvalue weighted by atomic mass is 32.2. The third-order valence-corrected chi connectivity index (χ3v) is 4.50. The molecule has 9 heteroatoms. The summed E-state index contributed by atoms with van der Waals surface area (Å²) in [5.74, 6) is -0.666. The quantitative estimate of drug-likeness (QED) is 0.631. The second-order valence-corrected chi connectivity index (χ2v) is 6.35. The molecular formula is C9H13N3O4S2. The topological polar surface area (TPSA) is 118 Å². The van der Waals surface area contributed by atoms with Gasteiger partial charge in [-0.05, 0) is 12.1 Å². The summed E-state index contributed by atoms with van der Waals surface area (Å²) >= 11 is 0.934. The fraction of sp³-hybridized carbons (Fsp3) is 0.333. The molecule has 0 aromatic carbocycles. The van der Waals surface area contributed by atoms with Gasteiger partial charge in [0.15, 0.2) is 0 Å². The second-order valence-electron chi connectivity index (χ2n) is 3.39. The summed E-state index contributed by atoms with van der Waals surface area (Å²) in [6.07, 6.45) is 0.0111. The summed E-state index contributed by atoms with van der Waals surface area (Å²) in [5.41, 5.74) is 0. The number of amides is 2. The van der Waals surface area contributed by atoms with Crippen LogP contribution in [-0.2, 0) is 26.0 Å². The molecule has 0 saturated carbocycles. The summed E-state index contributed by atoms with van der Waals surface area (Å²) in [6.45, 7) is -0.108. The first-order valence-corrected chi connectivity index (χ1v) is 7.28. The van der Waals surface area contributed by atoms with Crippen LogP contribution < -0.4 is 15.8 Å². The molecule has 0 aliphatic heterocycles. The van der Waals surface area contributed by atoms with Gasteiger partial charge in [0.1, 0.15) is 4.21 Å². The molecule has 100 valence electrons. The SMILES string of the molecule is CNC(=O)CNC(=O)Cc1ccc(S(N)(=O)=O)s1. The molecule has 0 aliphatic rings. The van der Waals surface area contributed by atoms with Gasteiger partial charge < -0.3 is 10.6 Å². The van der Waals surface area contributed by atoms with Crippen LogP contribution in [0.25, 0.3) is 0 Å². The van der Waals surface area contributed by atoms with Crippen molar-refractivity contribution in [1.29, 1.82) is 0 Å². The predicted octanol–water partition coefficient (Wildman–Crippen LogP) is -1.20. The van der Waals surface area contributed by atoms with E-state index in [-0.39, 0.29) is 29.0 Å². The van der Waals surface area contributed by atoms with Crippen LogP contribution >= 0.6 is 11.3 Å². The van der Waals surface area contributed by atoms with Gasteiger partial charge in [-0.2, -0.15) is 0 Å². The fourth-order valence-electron chi connectivity index (χ4n) is 1.09. The van der Waals surface area contributed by atoms with Crippen molar-refractivity contribution in [2.75, 3.05) is 13.6 Å². The lowest BCUT2D eigenvalue weighted by atomic mass is 10.3. The Morgan fingerprint density at radius 2 is 2.00 bits per heavy atom. The van der Waals surface area contributed by atoms with Crippen LogP contribution in [0.2, 0.25) is 0 Å². The maximum atomic E-state index is 11.4. The van der Waals surface area contributed by atoms with E-state index in [1.165, 1.54) is 19.2 Å². The smallest absolute Gasteiger partial charge is 0.247 e. The molecule has 18 heavy (non-hydrogen) atoms. The Morgan fingerprint density at radius 1 is 1.33 bits per heavy atom. The van der Waals surface area contributed by atoms with E-state index in [2.05, 4.69) is 10.6 Å². The van der Waals surface area contributed by atoms with Gasteiger partial charge in [-0.1, -0.05) is 0 Å². The number of likely N-dealkylation sites (N-methyl/N-ethyl adjacent to an activating group) is 1. The van der Waals surface area contributed by atoms with Crippen LogP contribution in [0.15, 0.2) is 16.3 Å². The Kier molecular flexibility index (Phi) is 4.82. The maximum absolute atomic E-state index is 11.4. The van der Waals surface area contributed by atoms with Gasteiger partial charge in [0, 0.05) is 11.9 Å². The lowest BCUT2D eigenvalue weighted by Crippen LogP contribution is -2.35. The van der Waals surface area contributed by atoms with Crippen LogP contribution in [0.5, 0.6) is 0 Å². The zero-order valence-corrected chi connectivity index (χ0v) is 11.2. The van der Waals surface area contributed by atoms with E-state index in [9.17, 15) is 18.0 Å². The average Bonchev–Trinajstić information content (AvgIpc) is 2.74. The minimum atomic E-state index is -3.72. The summed E-state index contributed by atoms with van der Waals surface area (Å²) in [6, 6.07) is 2.87. The van der Waals surface area contributed by atoms with E-state index >= 15 is 0 Å². The summed E-state index contributed by atoms with van der Waals surface area (Å²) in [5, 5.41) is 9.71. The highest BCUT2D eigenvalue weighted by molar-refractivity contribution is 7.91. The number of nitrogens with two attached hydrogens (primary N) is 1. The zero-order valence-electron chi connectivity index (χ0n) is 9.60. The van der Waals surface area contributed by atoms with Crippen molar-refractivity contribution in [2.24, 2.45) is 5.14 Å². The van der Waals surface area contributed by atoms with Gasteiger partial charge in [-0.15, -0.1) is 11.3 Å². The lowest BCUT2D eigenvalue weighted by molar-refractivity contribution is -0.125. The molecule has 0 spiro atoms. The normalized spacial score (nSPS) is 11.0. The average molecular weight is 291 g/mol. The molecule has 4 N–H and O–H groups in total. The van der Waals surface area contributed by atoms with Crippen molar-refractivity contribution >= 4 is 33.2 Å². The summed E-state index contributed by atoms with van der Waals surface area (Å²) in [7, 11) is -2.26. The number of thiophene rings is 1. The minimum Gasteiger partial charge on any atom is -0.358 e. The van der Waals surface area contributed by atoms with E-state index in [0.29, 0.717) is 4.88 Å². The Bertz CT molecular complexity index is 550. The van der Waals surface area contributed by atoms with Crippen LogP contribution in [0.1, 0.15) is 4.88 Å². The monoisotopic (exact) mass is 291 g/mol. The zero-order chi connectivity index (χ0) is 13.8. The number of sulfonamides is 1. The third kappa shape index (κ3) is 4.43. The molecule has 7 nitrogen and oxygen atoms in total. The summed E-state index contributed by atoms with van der Waals surface area (Å²) in [4.78, 5) is 22.9. The number of rotatable bonds is 5. The number of hydrogen-bond donors (Lipinski definition) is 3. The Hall–Kier alpha value is -1.45. The van der Waals surface area contributed by atoms with Gasteiger partial charge in [0.05, 0.1) is 13.0 Å². The number of carbonyl (C=O) groups is 2. The Morgan fingerprint density at radius 3 is 2.50 bits per heavy atom. The van der Waals surface area contributed by atoms with Gasteiger partial charge in [0.2, 0.25) is 21.8 Å². The van der Waals surface area contributed by atoms with E-state index < -0.39 is 10.0 Å². The predicted molar refractivity (Wildman–Crippen MR) is 66.5 cm³/mol. The number of carbonyl (C=O) groups excluding carboxylic acids is 2. The molecule has 1 aromatic rings. The van der Waals surface area contributed by atoms with Crippen molar-refractivity contribution in [2.45, 2.75) is 10.6 Å². The third-order valence-electron chi connectivity index (χ3n) is 1.98. The van der Waals surface area contributed by atoms with Crippen molar-refractivity contribution in [1.82, 2.24) is 10.6 Å². The van der Waals surface area contributed by atoms with Crippen LogP contribution in [0, 0.1) is 0 Å². The molecule has 0 bridgehead atoms. The number of primary sulfonamides is 1. The van der Waals surface area contributed by atoms with Crippen molar-refractivity contribution in [3.05, 3.63) is 17.0 Å². The largest absolute Gasteiger partial charge is 0.358 e. The standard InChI is InChI=1S/C9H13N3O4S2/c1-11-8(14)5-12-7(13)4-6-2-3-9(17-6)18(10,15)16/h2-3H,4-5H2,1H3,(H,11,14)(H,12,13)(H2,10,15,16). The van der Waals surface area contributed by atoms with Crippen molar-refractivity contribution in [3.8, 4) is 0 Å². The Balaban J connectivity index is 2.55. The fourth-order valence-corrected chi connectivity index (χ4v) is 2.87. The molecule has 0 fully saturated rings. The van der Waals surface area contributed by atoms with Gasteiger partial charge in [0.25, 0.3) is 0 Å². The molecule has 1 aromatic heterocycles. The second kappa shape index (κ2) is 5.94. The molecule has 1 heterocycles. The van der Waals surface area contributed by atoms with Gasteiger partial charge in [-0.25, -0.2) is 13.6 Å². The first-order chi connectivity index (χ1) is 8.32. The molecular weight excluding hydrogens is 278 g/mol. The molecule has 0 aliphatic carbocycles. The number of hydrogen-bond acceptors (Lipinski definition) is 5. The van der Waals surface area contributed by atoms with Gasteiger partial charge >= 0.3 is 0 Å². The molecule has 1 rings (SSSR count). The first kappa shape index (κ1) is 14.6. The van der Waals surface area contributed by atoms with E-state index in [1.807, 2.05) is 0 Å². The highest BCUT2D eigenvalue weighted by Crippen LogP contribution is 2.20. The maximum Gasteiger partial charge on any atom is 0.247 e.